The zero-order valence-electron chi connectivity index (χ0n) is 7.23. The minimum Gasteiger partial charge on any atom is -0.493 e. The fraction of sp³-hybridized carbons (Fsp3) is 0.333. The van der Waals surface area contributed by atoms with E-state index in [0.29, 0.717) is 6.54 Å². The predicted molar refractivity (Wildman–Crippen MR) is 45.6 cm³/mol. The quantitative estimate of drug-likeness (QED) is 0.729. The molecule has 0 unspecified atom stereocenters. The fourth-order valence-electron chi connectivity index (χ4n) is 1.17. The average Bonchev–Trinajstić information content (AvgIpc) is 2.08. The van der Waals surface area contributed by atoms with Crippen LogP contribution in [-0.2, 0) is 6.54 Å². The van der Waals surface area contributed by atoms with Crippen LogP contribution in [0.1, 0.15) is 11.1 Å². The van der Waals surface area contributed by atoms with Crippen molar-refractivity contribution in [2.24, 2.45) is 5.73 Å². The molecule has 0 bridgehead atoms. The summed E-state index contributed by atoms with van der Waals surface area (Å²) in [6.07, 6.45) is 0. The molecule has 0 radical (unpaired) electrons. The Morgan fingerprint density at radius 3 is 2.58 bits per heavy atom. The first-order valence-electron chi connectivity index (χ1n) is 3.72. The summed E-state index contributed by atoms with van der Waals surface area (Å²) in [5.41, 5.74) is 7.14. The van der Waals surface area contributed by atoms with E-state index in [1.165, 1.54) is 13.2 Å². The summed E-state index contributed by atoms with van der Waals surface area (Å²) >= 11 is 0. The van der Waals surface area contributed by atoms with Gasteiger partial charge in [0.15, 0.2) is 11.6 Å². The number of aryl methyl sites for hydroxylation is 1. The van der Waals surface area contributed by atoms with Crippen LogP contribution in [0.15, 0.2) is 12.1 Å². The van der Waals surface area contributed by atoms with Gasteiger partial charge in [-0.05, 0) is 18.6 Å². The van der Waals surface area contributed by atoms with E-state index in [9.17, 15) is 4.39 Å². The lowest BCUT2D eigenvalue weighted by molar-refractivity contribution is 0.381. The molecule has 0 aromatic heterocycles. The van der Waals surface area contributed by atoms with E-state index in [2.05, 4.69) is 0 Å². The van der Waals surface area contributed by atoms with Crippen molar-refractivity contribution in [2.75, 3.05) is 7.11 Å². The molecule has 0 aliphatic rings. The number of nitrogens with two attached hydrogens (primary N) is 1. The zero-order valence-corrected chi connectivity index (χ0v) is 7.23. The van der Waals surface area contributed by atoms with Gasteiger partial charge < -0.3 is 10.5 Å². The molecule has 2 nitrogen and oxygen atoms in total. The molecule has 0 saturated carbocycles. The molecule has 66 valence electrons. The maximum atomic E-state index is 13.0. The van der Waals surface area contributed by atoms with Gasteiger partial charge >= 0.3 is 0 Å². The molecule has 0 spiro atoms. The van der Waals surface area contributed by atoms with Crippen molar-refractivity contribution < 1.29 is 9.13 Å². The van der Waals surface area contributed by atoms with Crippen LogP contribution in [0, 0.1) is 12.7 Å². The van der Waals surface area contributed by atoms with Crippen molar-refractivity contribution in [3.63, 3.8) is 0 Å². The van der Waals surface area contributed by atoms with Crippen molar-refractivity contribution in [3.05, 3.63) is 29.1 Å². The third-order valence-corrected chi connectivity index (χ3v) is 1.85. The Kier molecular flexibility index (Phi) is 2.65. The van der Waals surface area contributed by atoms with E-state index in [1.54, 1.807) is 6.07 Å². The van der Waals surface area contributed by atoms with E-state index in [0.717, 1.165) is 11.1 Å². The fourth-order valence-corrected chi connectivity index (χ4v) is 1.17. The summed E-state index contributed by atoms with van der Waals surface area (Å²) in [7, 11) is 1.44. The first kappa shape index (κ1) is 9.00. The topological polar surface area (TPSA) is 35.2 Å². The first-order chi connectivity index (χ1) is 5.70. The Bertz CT molecular complexity index is 257. The number of hydrogen-bond donors (Lipinski definition) is 1. The standard InChI is InChI=1S/C9H12FNO/c1-6-3-4-8(10)9(12-2)7(6)5-11/h3-4H,5,11H2,1-2H3. The van der Waals surface area contributed by atoms with Crippen LogP contribution in [0.3, 0.4) is 0 Å². The van der Waals surface area contributed by atoms with Crippen LogP contribution in [0.25, 0.3) is 0 Å². The Hall–Kier alpha value is -1.09. The van der Waals surface area contributed by atoms with Gasteiger partial charge in [-0.1, -0.05) is 6.07 Å². The molecule has 1 aromatic carbocycles. The molecule has 0 heterocycles. The third-order valence-electron chi connectivity index (χ3n) is 1.85. The van der Waals surface area contributed by atoms with Gasteiger partial charge in [0.2, 0.25) is 0 Å². The Morgan fingerprint density at radius 1 is 1.50 bits per heavy atom. The number of hydrogen-bond acceptors (Lipinski definition) is 2. The molecule has 0 saturated heterocycles. The minimum atomic E-state index is -0.358. The second kappa shape index (κ2) is 3.54. The largest absolute Gasteiger partial charge is 0.493 e. The second-order valence-corrected chi connectivity index (χ2v) is 2.58. The van der Waals surface area contributed by atoms with Crippen molar-refractivity contribution >= 4 is 0 Å². The first-order valence-corrected chi connectivity index (χ1v) is 3.72. The van der Waals surface area contributed by atoms with Gasteiger partial charge in [-0.2, -0.15) is 0 Å². The van der Waals surface area contributed by atoms with Gasteiger partial charge in [0.05, 0.1) is 7.11 Å². The SMILES string of the molecule is COc1c(F)ccc(C)c1CN. The van der Waals surface area contributed by atoms with Crippen molar-refractivity contribution in [1.82, 2.24) is 0 Å². The lowest BCUT2D eigenvalue weighted by Gasteiger charge is -2.09. The van der Waals surface area contributed by atoms with E-state index in [4.69, 9.17) is 10.5 Å². The Morgan fingerprint density at radius 2 is 2.17 bits per heavy atom. The molecule has 1 rings (SSSR count). The highest BCUT2D eigenvalue weighted by Gasteiger charge is 2.09. The summed E-state index contributed by atoms with van der Waals surface area (Å²) in [4.78, 5) is 0. The molecular formula is C9H12FNO. The van der Waals surface area contributed by atoms with Crippen LogP contribution < -0.4 is 10.5 Å². The van der Waals surface area contributed by atoms with Gasteiger partial charge in [0, 0.05) is 12.1 Å². The third kappa shape index (κ3) is 1.41. The molecule has 0 amide bonds. The molecular weight excluding hydrogens is 157 g/mol. The minimum absolute atomic E-state index is 0.262. The number of benzene rings is 1. The van der Waals surface area contributed by atoms with Crippen molar-refractivity contribution in [1.29, 1.82) is 0 Å². The second-order valence-electron chi connectivity index (χ2n) is 2.58. The van der Waals surface area contributed by atoms with E-state index in [1.807, 2.05) is 6.92 Å². The average molecular weight is 169 g/mol. The van der Waals surface area contributed by atoms with Crippen molar-refractivity contribution in [2.45, 2.75) is 13.5 Å². The summed E-state index contributed by atoms with van der Waals surface area (Å²) in [6, 6.07) is 3.08. The normalized spacial score (nSPS) is 10.0. The number of ether oxygens (including phenoxy) is 1. The van der Waals surface area contributed by atoms with Crippen LogP contribution in [0.5, 0.6) is 5.75 Å². The highest BCUT2D eigenvalue weighted by atomic mass is 19.1. The predicted octanol–water partition coefficient (Wildman–Crippen LogP) is 1.60. The number of rotatable bonds is 2. The van der Waals surface area contributed by atoms with E-state index in [-0.39, 0.29) is 11.6 Å². The maximum Gasteiger partial charge on any atom is 0.165 e. The monoisotopic (exact) mass is 169 g/mol. The maximum absolute atomic E-state index is 13.0. The summed E-state index contributed by atoms with van der Waals surface area (Å²) in [5.74, 6) is -0.0962. The van der Waals surface area contributed by atoms with Gasteiger partial charge in [-0.15, -0.1) is 0 Å². The van der Waals surface area contributed by atoms with Gasteiger partial charge in [-0.25, -0.2) is 4.39 Å². The number of methoxy groups -OCH3 is 1. The van der Waals surface area contributed by atoms with Gasteiger partial charge in [-0.3, -0.25) is 0 Å². The van der Waals surface area contributed by atoms with Gasteiger partial charge in [0.25, 0.3) is 0 Å². The summed E-state index contributed by atoms with van der Waals surface area (Å²) in [5, 5.41) is 0. The van der Waals surface area contributed by atoms with Crippen LogP contribution in [-0.4, -0.2) is 7.11 Å². The van der Waals surface area contributed by atoms with Crippen LogP contribution in [0.4, 0.5) is 4.39 Å². The van der Waals surface area contributed by atoms with E-state index < -0.39 is 0 Å². The van der Waals surface area contributed by atoms with Crippen LogP contribution >= 0.6 is 0 Å². The molecule has 2 N–H and O–H groups in total. The molecule has 3 heteroatoms. The lowest BCUT2D eigenvalue weighted by Crippen LogP contribution is -2.03. The smallest absolute Gasteiger partial charge is 0.165 e. The Labute approximate surface area is 71.1 Å². The summed E-state index contributed by atoms with van der Waals surface area (Å²) < 4.78 is 17.9. The molecule has 0 fully saturated rings. The van der Waals surface area contributed by atoms with Crippen LogP contribution in [0.2, 0.25) is 0 Å². The van der Waals surface area contributed by atoms with Gasteiger partial charge in [0.1, 0.15) is 0 Å². The molecule has 0 atom stereocenters. The van der Waals surface area contributed by atoms with Crippen molar-refractivity contribution in [3.8, 4) is 5.75 Å². The highest BCUT2D eigenvalue weighted by Crippen LogP contribution is 2.24. The molecule has 12 heavy (non-hydrogen) atoms. The Balaban J connectivity index is 3.28. The number of halogens is 1. The molecule has 0 aliphatic heterocycles. The highest BCUT2D eigenvalue weighted by molar-refractivity contribution is 5.40. The zero-order chi connectivity index (χ0) is 9.14. The molecule has 0 aliphatic carbocycles. The lowest BCUT2D eigenvalue weighted by atomic mass is 10.1. The summed E-state index contributed by atoms with van der Waals surface area (Å²) in [6.45, 7) is 2.18. The van der Waals surface area contributed by atoms with E-state index >= 15 is 0 Å². The molecule has 1 aromatic rings.